The smallest absolute Gasteiger partial charge is 0.245 e. The lowest BCUT2D eigenvalue weighted by Crippen LogP contribution is -2.45. The van der Waals surface area contributed by atoms with Gasteiger partial charge in [0.05, 0.1) is 29.9 Å². The molecular formula is C47H66N6O6S2Si2. The fourth-order valence-electron chi connectivity index (χ4n) is 7.62. The molecule has 0 saturated carbocycles. The Balaban J connectivity index is 1.55. The number of aromatic nitrogens is 4. The monoisotopic (exact) mass is 930 g/mol. The van der Waals surface area contributed by atoms with E-state index in [4.69, 9.17) is 14.3 Å². The third kappa shape index (κ3) is 11.9. The SMILES string of the molecule is COc1ccc(Cn2nnc(-c3c(N4CCC(CO[Si](C)(C)C(C)(C)C)CC4C)ccc(S(=O)(=O)CC[Si](C)(C)C)c3S(=O)(=O)N(Cc3ccccc3)Cc3ccccc3)n2)cc1. The molecule has 0 amide bonds. The standard InChI is InChI=1S/C47H66N6O6S2Si2/c1-36-31-40(35-59-63(9,10)47(2,3)4)27-28-52(36)42-25-26-43(60(54,55)29-30-62(6,7)8)45(44(42)46-48-50-53(49-46)34-39-21-23-41(58-5)24-22-39)61(56,57)51(32-37-17-13-11-14-18-37)33-38-19-15-12-16-20-38/h11-26,36,40H,27-35H2,1-10H3. The maximum Gasteiger partial charge on any atom is 0.245 e. The third-order valence-corrected chi connectivity index (χ3v) is 22.9. The third-order valence-electron chi connectivity index (χ3n) is 12.5. The van der Waals surface area contributed by atoms with Crippen molar-refractivity contribution in [3.05, 3.63) is 114 Å². The minimum Gasteiger partial charge on any atom is -0.497 e. The van der Waals surface area contributed by atoms with Crippen LogP contribution >= 0.6 is 0 Å². The second-order valence-corrected chi connectivity index (χ2v) is 34.0. The zero-order chi connectivity index (χ0) is 45.8. The molecule has 1 aliphatic heterocycles. The summed E-state index contributed by atoms with van der Waals surface area (Å²) in [5.41, 5.74) is 3.09. The molecule has 5 aromatic rings. The number of tetrazole rings is 1. The summed E-state index contributed by atoms with van der Waals surface area (Å²) in [6.45, 7) is 21.3. The highest BCUT2D eigenvalue weighted by Crippen LogP contribution is 2.44. The highest BCUT2D eigenvalue weighted by molar-refractivity contribution is 7.93. The van der Waals surface area contributed by atoms with E-state index in [1.807, 2.05) is 84.9 Å². The Morgan fingerprint density at radius 2 is 1.41 bits per heavy atom. The highest BCUT2D eigenvalue weighted by Gasteiger charge is 2.41. The largest absolute Gasteiger partial charge is 0.497 e. The van der Waals surface area contributed by atoms with E-state index in [1.165, 1.54) is 15.2 Å². The summed E-state index contributed by atoms with van der Waals surface area (Å²) < 4.78 is 75.0. The van der Waals surface area contributed by atoms with Crippen LogP contribution < -0.4 is 9.64 Å². The molecule has 2 atom stereocenters. The van der Waals surface area contributed by atoms with Gasteiger partial charge < -0.3 is 14.1 Å². The van der Waals surface area contributed by atoms with Crippen molar-refractivity contribution in [2.24, 2.45) is 5.92 Å². The van der Waals surface area contributed by atoms with Crippen LogP contribution in [0.5, 0.6) is 5.75 Å². The zero-order valence-corrected chi connectivity index (χ0v) is 42.3. The van der Waals surface area contributed by atoms with Crippen LogP contribution in [0.4, 0.5) is 5.69 Å². The highest BCUT2D eigenvalue weighted by atomic mass is 32.2. The lowest BCUT2D eigenvalue weighted by molar-refractivity contribution is 0.193. The van der Waals surface area contributed by atoms with Gasteiger partial charge in [-0.3, -0.25) is 0 Å². The van der Waals surface area contributed by atoms with Crippen LogP contribution in [0.3, 0.4) is 0 Å². The quantitative estimate of drug-likeness (QED) is 0.0782. The Morgan fingerprint density at radius 1 is 0.810 bits per heavy atom. The van der Waals surface area contributed by atoms with Gasteiger partial charge in [0.1, 0.15) is 10.6 Å². The minimum atomic E-state index is -4.64. The van der Waals surface area contributed by atoms with Crippen molar-refractivity contribution < 1.29 is 26.0 Å². The average molecular weight is 931 g/mol. The molecular weight excluding hydrogens is 865 g/mol. The maximum absolute atomic E-state index is 15.9. The van der Waals surface area contributed by atoms with Crippen LogP contribution in [0.1, 0.15) is 57.2 Å². The van der Waals surface area contributed by atoms with Gasteiger partial charge in [0.15, 0.2) is 18.2 Å². The second-order valence-electron chi connectivity index (χ2n) is 19.7. The number of sulfone groups is 1. The minimum absolute atomic E-state index is 0.00371. The molecule has 63 heavy (non-hydrogen) atoms. The molecule has 1 aromatic heterocycles. The molecule has 2 heterocycles. The summed E-state index contributed by atoms with van der Waals surface area (Å²) in [5.74, 6) is 0.857. The Hall–Kier alpha value is -4.20. The molecule has 1 fully saturated rings. The average Bonchev–Trinajstić information content (AvgIpc) is 3.70. The van der Waals surface area contributed by atoms with Crippen molar-refractivity contribution in [2.75, 3.05) is 30.9 Å². The number of anilines is 1. The zero-order valence-electron chi connectivity index (χ0n) is 38.7. The van der Waals surface area contributed by atoms with E-state index in [9.17, 15) is 8.42 Å². The van der Waals surface area contributed by atoms with Crippen LogP contribution in [0.15, 0.2) is 107 Å². The van der Waals surface area contributed by atoms with Crippen LogP contribution in [-0.4, -0.2) is 89.8 Å². The summed E-state index contributed by atoms with van der Waals surface area (Å²) in [5, 5.41) is 13.9. The van der Waals surface area contributed by atoms with Gasteiger partial charge in [-0.2, -0.15) is 9.10 Å². The lowest BCUT2D eigenvalue weighted by Gasteiger charge is -2.42. The van der Waals surface area contributed by atoms with E-state index < -0.39 is 36.3 Å². The van der Waals surface area contributed by atoms with Crippen LogP contribution in [0.25, 0.3) is 11.4 Å². The molecule has 0 bridgehead atoms. The number of piperidine rings is 1. The second kappa shape index (κ2) is 19.5. The first-order valence-corrected chi connectivity index (χ1v) is 31.6. The van der Waals surface area contributed by atoms with E-state index in [0.717, 1.165) is 29.5 Å². The molecule has 1 aliphatic rings. The first-order valence-electron chi connectivity index (χ1n) is 21.9. The van der Waals surface area contributed by atoms with Crippen LogP contribution in [-0.2, 0) is 43.9 Å². The number of rotatable bonds is 18. The molecule has 1 saturated heterocycles. The normalized spacial score (nSPS) is 16.7. The van der Waals surface area contributed by atoms with Gasteiger partial charge in [0.25, 0.3) is 0 Å². The molecule has 12 nitrogen and oxygen atoms in total. The molecule has 6 rings (SSSR count). The summed E-state index contributed by atoms with van der Waals surface area (Å²) in [4.78, 5) is 3.05. The number of benzene rings is 4. The number of sulfonamides is 1. The van der Waals surface area contributed by atoms with Gasteiger partial charge in [-0.1, -0.05) is 113 Å². The molecule has 0 N–H and O–H groups in total. The summed E-state index contributed by atoms with van der Waals surface area (Å²) in [6, 6.07) is 30.0. The first kappa shape index (κ1) is 48.3. The molecule has 16 heteroatoms. The Bertz CT molecular complexity index is 2490. The fourth-order valence-corrected chi connectivity index (χ4v) is 15.5. The van der Waals surface area contributed by atoms with E-state index in [1.54, 1.807) is 13.2 Å². The van der Waals surface area contributed by atoms with E-state index in [-0.39, 0.29) is 57.6 Å². The first-order chi connectivity index (χ1) is 29.6. The number of hydrogen-bond donors (Lipinski definition) is 0. The molecule has 0 spiro atoms. The van der Waals surface area contributed by atoms with E-state index >= 15 is 8.42 Å². The van der Waals surface area contributed by atoms with Crippen molar-refractivity contribution in [3.63, 3.8) is 0 Å². The van der Waals surface area contributed by atoms with Crippen molar-refractivity contribution in [1.29, 1.82) is 0 Å². The Morgan fingerprint density at radius 3 is 1.95 bits per heavy atom. The van der Waals surface area contributed by atoms with Gasteiger partial charge in [0.2, 0.25) is 15.8 Å². The van der Waals surface area contributed by atoms with Crippen molar-refractivity contribution in [1.82, 2.24) is 24.5 Å². The van der Waals surface area contributed by atoms with E-state index in [0.29, 0.717) is 36.6 Å². The van der Waals surface area contributed by atoms with Crippen molar-refractivity contribution in [2.45, 2.75) is 120 Å². The van der Waals surface area contributed by atoms with Crippen molar-refractivity contribution >= 4 is 41.9 Å². The number of methoxy groups -OCH3 is 1. The number of hydrogen-bond acceptors (Lipinski definition) is 10. The van der Waals surface area contributed by atoms with Gasteiger partial charge in [-0.05, 0) is 96.0 Å². The molecule has 2 unspecified atom stereocenters. The Kier molecular flexibility index (Phi) is 14.9. The predicted molar refractivity (Wildman–Crippen MR) is 258 cm³/mol. The molecule has 0 aliphatic carbocycles. The summed E-state index contributed by atoms with van der Waals surface area (Å²) >= 11 is 0. The van der Waals surface area contributed by atoms with Crippen LogP contribution in [0, 0.1) is 5.92 Å². The van der Waals surface area contributed by atoms with Gasteiger partial charge >= 0.3 is 0 Å². The molecule has 0 radical (unpaired) electrons. The fraction of sp³-hybridized carbons (Fsp3) is 0.468. The topological polar surface area (TPSA) is 137 Å². The maximum atomic E-state index is 15.9. The lowest BCUT2D eigenvalue weighted by atomic mass is 9.91. The van der Waals surface area contributed by atoms with Gasteiger partial charge in [-0.25, -0.2) is 16.8 Å². The molecule has 340 valence electrons. The summed E-state index contributed by atoms with van der Waals surface area (Å²) in [6.07, 6.45) is 1.61. The Labute approximate surface area is 378 Å². The van der Waals surface area contributed by atoms with Gasteiger partial charge in [0, 0.05) is 46.0 Å². The predicted octanol–water partition coefficient (Wildman–Crippen LogP) is 9.53. The van der Waals surface area contributed by atoms with E-state index in [2.05, 4.69) is 75.6 Å². The van der Waals surface area contributed by atoms with Crippen molar-refractivity contribution in [3.8, 4) is 17.1 Å². The summed E-state index contributed by atoms with van der Waals surface area (Å²) in [7, 11) is -11.1. The van der Waals surface area contributed by atoms with Crippen LogP contribution in [0.2, 0.25) is 43.8 Å². The number of nitrogens with zero attached hydrogens (tertiary/aromatic N) is 6. The molecule has 4 aromatic carbocycles. The van der Waals surface area contributed by atoms with Gasteiger partial charge in [-0.15, -0.1) is 10.2 Å². The number of ether oxygens (including phenoxy) is 1.